The van der Waals surface area contributed by atoms with Gasteiger partial charge in [-0.3, -0.25) is 4.79 Å². The number of ether oxygens (including phenoxy) is 1. The fraction of sp³-hybridized carbons (Fsp3) is 0.444. The van der Waals surface area contributed by atoms with Crippen LogP contribution in [-0.4, -0.2) is 47.7 Å². The second-order valence-corrected chi connectivity index (χ2v) is 10.2. The molecule has 6 rings (SSSR count). The number of para-hydroxylation sites is 1. The van der Waals surface area contributed by atoms with E-state index in [9.17, 15) is 4.79 Å². The number of nitrogens with one attached hydrogen (secondary N) is 1. The van der Waals surface area contributed by atoms with Crippen molar-refractivity contribution in [1.29, 1.82) is 0 Å². The SMILES string of the molecule is CC(C)Cn1c([C@@H]2Nc3cc(C(=O)N4CCCC(N)C4)cc4c3N2CCO4)cc2ccccc21. The van der Waals surface area contributed by atoms with Crippen LogP contribution in [0.2, 0.25) is 0 Å². The van der Waals surface area contributed by atoms with Gasteiger partial charge in [0.25, 0.3) is 5.91 Å². The summed E-state index contributed by atoms with van der Waals surface area (Å²) in [6.45, 7) is 8.24. The number of rotatable bonds is 4. The van der Waals surface area contributed by atoms with Gasteiger partial charge in [0, 0.05) is 42.1 Å². The Kier molecular flexibility index (Phi) is 5.17. The largest absolute Gasteiger partial charge is 0.489 e. The third-order valence-corrected chi connectivity index (χ3v) is 7.22. The minimum absolute atomic E-state index is 0.00226. The van der Waals surface area contributed by atoms with E-state index in [4.69, 9.17) is 10.5 Å². The van der Waals surface area contributed by atoms with Crippen molar-refractivity contribution in [3.05, 3.63) is 53.7 Å². The molecule has 7 heteroatoms. The molecule has 0 spiro atoms. The summed E-state index contributed by atoms with van der Waals surface area (Å²) in [4.78, 5) is 17.6. The number of amides is 1. The highest BCUT2D eigenvalue weighted by molar-refractivity contribution is 5.99. The van der Waals surface area contributed by atoms with E-state index in [2.05, 4.69) is 59.0 Å². The molecule has 2 atom stereocenters. The van der Waals surface area contributed by atoms with Crippen molar-refractivity contribution in [2.45, 2.75) is 45.4 Å². The molecule has 1 unspecified atom stereocenters. The fourth-order valence-corrected chi connectivity index (χ4v) is 5.73. The summed E-state index contributed by atoms with van der Waals surface area (Å²) in [5, 5.41) is 5.00. The minimum atomic E-state index is -0.00226. The van der Waals surface area contributed by atoms with Gasteiger partial charge in [-0.1, -0.05) is 32.0 Å². The van der Waals surface area contributed by atoms with Crippen LogP contribution in [0.4, 0.5) is 11.4 Å². The summed E-state index contributed by atoms with van der Waals surface area (Å²) in [5.74, 6) is 1.35. The topological polar surface area (TPSA) is 75.8 Å². The summed E-state index contributed by atoms with van der Waals surface area (Å²) < 4.78 is 8.51. The summed E-state index contributed by atoms with van der Waals surface area (Å²) in [5.41, 5.74) is 11.3. The Hall–Kier alpha value is -3.19. The lowest BCUT2D eigenvalue weighted by Gasteiger charge is -2.33. The van der Waals surface area contributed by atoms with Crippen LogP contribution < -0.4 is 20.7 Å². The zero-order valence-electron chi connectivity index (χ0n) is 20.0. The highest BCUT2D eigenvalue weighted by Gasteiger charge is 2.38. The molecule has 0 aliphatic carbocycles. The number of piperidine rings is 1. The second-order valence-electron chi connectivity index (χ2n) is 10.2. The maximum Gasteiger partial charge on any atom is 0.254 e. The molecule has 2 aromatic carbocycles. The molecule has 1 aromatic heterocycles. The van der Waals surface area contributed by atoms with Gasteiger partial charge in [0.05, 0.1) is 17.9 Å². The fourth-order valence-electron chi connectivity index (χ4n) is 5.73. The van der Waals surface area contributed by atoms with E-state index in [-0.39, 0.29) is 18.1 Å². The molecule has 1 fully saturated rings. The van der Waals surface area contributed by atoms with Gasteiger partial charge >= 0.3 is 0 Å². The van der Waals surface area contributed by atoms with Crippen molar-refractivity contribution >= 4 is 28.2 Å². The van der Waals surface area contributed by atoms with Crippen molar-refractivity contribution in [3.63, 3.8) is 0 Å². The highest BCUT2D eigenvalue weighted by atomic mass is 16.5. The van der Waals surface area contributed by atoms with Crippen LogP contribution in [0.25, 0.3) is 10.9 Å². The number of nitrogens with zero attached hydrogens (tertiary/aromatic N) is 3. The summed E-state index contributed by atoms with van der Waals surface area (Å²) >= 11 is 0. The first-order valence-electron chi connectivity index (χ1n) is 12.5. The lowest BCUT2D eigenvalue weighted by Crippen LogP contribution is -2.45. The standard InChI is InChI=1S/C27H33N5O2/c1-17(2)15-32-22-8-4-3-6-18(22)13-23(32)26-29-21-12-19(14-24-25(21)31(26)10-11-34-24)27(33)30-9-5-7-20(28)16-30/h3-4,6,8,12-14,17,20,26,29H,5,7,9-11,15-16,28H2,1-2H3/t20?,26-/m1/s1. The second kappa shape index (κ2) is 8.24. The van der Waals surface area contributed by atoms with Crippen LogP contribution in [0.3, 0.4) is 0 Å². The molecule has 1 amide bonds. The first kappa shape index (κ1) is 21.4. The summed E-state index contributed by atoms with van der Waals surface area (Å²) in [7, 11) is 0. The quantitative estimate of drug-likeness (QED) is 0.612. The monoisotopic (exact) mass is 459 g/mol. The molecule has 0 saturated carbocycles. The number of hydrogen-bond donors (Lipinski definition) is 2. The maximum atomic E-state index is 13.3. The molecule has 3 aromatic rings. The van der Waals surface area contributed by atoms with E-state index in [1.54, 1.807) is 0 Å². The first-order chi connectivity index (χ1) is 16.5. The lowest BCUT2D eigenvalue weighted by atomic mass is 10.0. The van der Waals surface area contributed by atoms with Crippen LogP contribution in [0.1, 0.15) is 48.9 Å². The summed E-state index contributed by atoms with van der Waals surface area (Å²) in [6.07, 6.45) is 1.93. The number of carbonyl (C=O) groups is 1. The number of aromatic nitrogens is 1. The van der Waals surface area contributed by atoms with E-state index >= 15 is 0 Å². The van der Waals surface area contributed by atoms with Gasteiger partial charge in [0.1, 0.15) is 24.2 Å². The highest BCUT2D eigenvalue weighted by Crippen LogP contribution is 2.50. The molecule has 1 saturated heterocycles. The molecule has 3 aliphatic heterocycles. The van der Waals surface area contributed by atoms with Gasteiger partial charge < -0.3 is 30.2 Å². The van der Waals surface area contributed by atoms with E-state index in [0.29, 0.717) is 24.6 Å². The van der Waals surface area contributed by atoms with Crippen molar-refractivity contribution in [1.82, 2.24) is 9.47 Å². The van der Waals surface area contributed by atoms with Gasteiger partial charge in [0.15, 0.2) is 0 Å². The van der Waals surface area contributed by atoms with Crippen LogP contribution in [0.5, 0.6) is 5.75 Å². The molecule has 178 valence electrons. The van der Waals surface area contributed by atoms with Crippen molar-refractivity contribution in [2.24, 2.45) is 11.7 Å². The average Bonchev–Trinajstić information content (AvgIpc) is 3.38. The van der Waals surface area contributed by atoms with E-state index in [1.807, 2.05) is 17.0 Å². The number of likely N-dealkylation sites (tertiary alicyclic amines) is 1. The van der Waals surface area contributed by atoms with Crippen LogP contribution in [-0.2, 0) is 6.54 Å². The Morgan fingerprint density at radius 2 is 2.06 bits per heavy atom. The Labute approximate surface area is 200 Å². The zero-order valence-corrected chi connectivity index (χ0v) is 20.0. The normalized spacial score (nSPS) is 21.5. The maximum absolute atomic E-state index is 13.3. The number of anilines is 2. The first-order valence-corrected chi connectivity index (χ1v) is 12.5. The number of benzene rings is 2. The van der Waals surface area contributed by atoms with Gasteiger partial charge in [-0.05, 0) is 43.0 Å². The molecule has 3 N–H and O–H groups in total. The van der Waals surface area contributed by atoms with E-state index in [1.165, 1.54) is 16.6 Å². The average molecular weight is 460 g/mol. The van der Waals surface area contributed by atoms with Gasteiger partial charge in [-0.25, -0.2) is 0 Å². The Balaban J connectivity index is 1.39. The molecular formula is C27H33N5O2. The summed E-state index contributed by atoms with van der Waals surface area (Å²) in [6, 6.07) is 14.9. The van der Waals surface area contributed by atoms with Crippen LogP contribution in [0.15, 0.2) is 42.5 Å². The van der Waals surface area contributed by atoms with E-state index < -0.39 is 0 Å². The molecule has 0 bridgehead atoms. The van der Waals surface area contributed by atoms with Crippen LogP contribution in [0, 0.1) is 5.92 Å². The minimum Gasteiger partial charge on any atom is -0.489 e. The van der Waals surface area contributed by atoms with Crippen molar-refractivity contribution < 1.29 is 9.53 Å². The third kappa shape index (κ3) is 3.50. The van der Waals surface area contributed by atoms with Gasteiger partial charge in [-0.2, -0.15) is 0 Å². The predicted octanol–water partition coefficient (Wildman–Crippen LogP) is 4.18. The number of carbonyl (C=O) groups excluding carboxylic acids is 1. The molecule has 34 heavy (non-hydrogen) atoms. The molecule has 7 nitrogen and oxygen atoms in total. The molecule has 3 aliphatic rings. The Bertz CT molecular complexity index is 1250. The number of nitrogens with two attached hydrogens (primary N) is 1. The number of hydrogen-bond acceptors (Lipinski definition) is 5. The smallest absolute Gasteiger partial charge is 0.254 e. The third-order valence-electron chi connectivity index (χ3n) is 7.22. The molecule has 0 radical (unpaired) electrons. The molecular weight excluding hydrogens is 426 g/mol. The van der Waals surface area contributed by atoms with Crippen molar-refractivity contribution in [2.75, 3.05) is 36.5 Å². The van der Waals surface area contributed by atoms with Gasteiger partial charge in [-0.15, -0.1) is 0 Å². The van der Waals surface area contributed by atoms with Gasteiger partial charge in [0.2, 0.25) is 0 Å². The predicted molar refractivity (Wildman–Crippen MR) is 136 cm³/mol. The van der Waals surface area contributed by atoms with Crippen LogP contribution >= 0.6 is 0 Å². The van der Waals surface area contributed by atoms with Crippen molar-refractivity contribution in [3.8, 4) is 5.75 Å². The number of fused-ring (bicyclic) bond motifs is 1. The Morgan fingerprint density at radius 1 is 1.21 bits per heavy atom. The zero-order chi connectivity index (χ0) is 23.4. The molecule has 4 heterocycles. The Morgan fingerprint density at radius 3 is 2.88 bits per heavy atom. The lowest BCUT2D eigenvalue weighted by molar-refractivity contribution is 0.0708. The van der Waals surface area contributed by atoms with E-state index in [0.717, 1.165) is 49.6 Å².